The van der Waals surface area contributed by atoms with E-state index in [0.29, 0.717) is 0 Å². The van der Waals surface area contributed by atoms with Crippen LogP contribution in [0, 0.1) is 0 Å². The van der Waals surface area contributed by atoms with Crippen molar-refractivity contribution in [2.45, 2.75) is 46.6 Å². The Bertz CT molecular complexity index is 216. The molecule has 1 aromatic rings. The lowest BCUT2D eigenvalue weighted by Crippen LogP contribution is -1.97. The summed E-state index contributed by atoms with van der Waals surface area (Å²) in [6, 6.07) is 0. The lowest BCUT2D eigenvalue weighted by atomic mass is 10.2. The third kappa shape index (κ3) is 1.87. The van der Waals surface area contributed by atoms with Crippen LogP contribution in [0.25, 0.3) is 0 Å². The highest BCUT2D eigenvalue weighted by Gasteiger charge is 2.03. The normalized spacial score (nSPS) is 10.6. The number of hydrogen-bond donors (Lipinski definition) is 0. The molecule has 1 aromatic heterocycles. The van der Waals surface area contributed by atoms with Gasteiger partial charge >= 0.3 is 0 Å². The standard InChI is InChI=1S/C10H18N2/c1-4-7-12-8-9(5-2)10(6-3)11-12/h8H,4-7H2,1-3H3. The summed E-state index contributed by atoms with van der Waals surface area (Å²) in [4.78, 5) is 0. The summed E-state index contributed by atoms with van der Waals surface area (Å²) >= 11 is 0. The number of nitrogens with zero attached hydrogens (tertiary/aromatic N) is 2. The topological polar surface area (TPSA) is 17.8 Å². The molecular weight excluding hydrogens is 148 g/mol. The van der Waals surface area contributed by atoms with E-state index in [4.69, 9.17) is 0 Å². The van der Waals surface area contributed by atoms with E-state index in [-0.39, 0.29) is 0 Å². The summed E-state index contributed by atoms with van der Waals surface area (Å²) in [6.07, 6.45) is 5.50. The third-order valence-corrected chi connectivity index (χ3v) is 2.09. The van der Waals surface area contributed by atoms with E-state index in [0.717, 1.165) is 25.8 Å². The lowest BCUT2D eigenvalue weighted by molar-refractivity contribution is 0.595. The van der Waals surface area contributed by atoms with Crippen molar-refractivity contribution in [3.8, 4) is 0 Å². The van der Waals surface area contributed by atoms with Crippen LogP contribution in [0.2, 0.25) is 0 Å². The van der Waals surface area contributed by atoms with E-state index < -0.39 is 0 Å². The van der Waals surface area contributed by atoms with Crippen molar-refractivity contribution >= 4 is 0 Å². The summed E-state index contributed by atoms with van der Waals surface area (Å²) in [5.74, 6) is 0. The van der Waals surface area contributed by atoms with Gasteiger partial charge in [0, 0.05) is 12.7 Å². The molecule has 0 aliphatic heterocycles. The van der Waals surface area contributed by atoms with Crippen molar-refractivity contribution in [2.24, 2.45) is 0 Å². The zero-order chi connectivity index (χ0) is 8.97. The highest BCUT2D eigenvalue weighted by atomic mass is 15.3. The van der Waals surface area contributed by atoms with E-state index in [9.17, 15) is 0 Å². The molecule has 0 radical (unpaired) electrons. The van der Waals surface area contributed by atoms with Crippen molar-refractivity contribution < 1.29 is 0 Å². The van der Waals surface area contributed by atoms with Gasteiger partial charge in [0.2, 0.25) is 0 Å². The molecule has 0 bridgehead atoms. The monoisotopic (exact) mass is 166 g/mol. The largest absolute Gasteiger partial charge is 0.272 e. The molecule has 2 heteroatoms. The predicted molar refractivity (Wildman–Crippen MR) is 51.3 cm³/mol. The first-order valence-electron chi connectivity index (χ1n) is 4.87. The van der Waals surface area contributed by atoms with Crippen molar-refractivity contribution in [1.29, 1.82) is 0 Å². The molecule has 0 fully saturated rings. The van der Waals surface area contributed by atoms with Gasteiger partial charge in [0.1, 0.15) is 0 Å². The van der Waals surface area contributed by atoms with Crippen LogP contribution in [0.15, 0.2) is 6.20 Å². The van der Waals surface area contributed by atoms with Gasteiger partial charge in [0.15, 0.2) is 0 Å². The van der Waals surface area contributed by atoms with Crippen LogP contribution >= 0.6 is 0 Å². The van der Waals surface area contributed by atoms with Crippen LogP contribution in [-0.4, -0.2) is 9.78 Å². The Morgan fingerprint density at radius 2 is 2.00 bits per heavy atom. The maximum atomic E-state index is 4.51. The highest BCUT2D eigenvalue weighted by molar-refractivity contribution is 5.16. The van der Waals surface area contributed by atoms with Gasteiger partial charge < -0.3 is 0 Å². The Labute approximate surface area is 74.6 Å². The second-order valence-electron chi connectivity index (χ2n) is 3.07. The van der Waals surface area contributed by atoms with E-state index >= 15 is 0 Å². The van der Waals surface area contributed by atoms with E-state index in [1.807, 2.05) is 0 Å². The molecule has 0 unspecified atom stereocenters. The van der Waals surface area contributed by atoms with Crippen molar-refractivity contribution in [3.05, 3.63) is 17.5 Å². The average molecular weight is 166 g/mol. The van der Waals surface area contributed by atoms with Crippen LogP contribution in [0.3, 0.4) is 0 Å². The third-order valence-electron chi connectivity index (χ3n) is 2.09. The zero-order valence-electron chi connectivity index (χ0n) is 8.30. The molecule has 0 aromatic carbocycles. The van der Waals surface area contributed by atoms with Gasteiger partial charge in [-0.1, -0.05) is 20.8 Å². The Hall–Kier alpha value is -0.790. The molecule has 12 heavy (non-hydrogen) atoms. The Morgan fingerprint density at radius 1 is 1.25 bits per heavy atom. The zero-order valence-corrected chi connectivity index (χ0v) is 8.30. The lowest BCUT2D eigenvalue weighted by Gasteiger charge is -1.94. The molecule has 0 aliphatic rings. The number of aromatic nitrogens is 2. The summed E-state index contributed by atoms with van der Waals surface area (Å²) in [6.45, 7) is 7.58. The Morgan fingerprint density at radius 3 is 2.42 bits per heavy atom. The fourth-order valence-corrected chi connectivity index (χ4v) is 1.44. The minimum atomic E-state index is 1.05. The quantitative estimate of drug-likeness (QED) is 0.671. The van der Waals surface area contributed by atoms with Gasteiger partial charge in [-0.15, -0.1) is 0 Å². The van der Waals surface area contributed by atoms with E-state index in [1.165, 1.54) is 11.3 Å². The Kier molecular flexibility index (Phi) is 3.32. The first-order chi connectivity index (χ1) is 5.81. The van der Waals surface area contributed by atoms with Crippen LogP contribution < -0.4 is 0 Å². The van der Waals surface area contributed by atoms with Crippen molar-refractivity contribution in [2.75, 3.05) is 0 Å². The van der Waals surface area contributed by atoms with Gasteiger partial charge in [-0.25, -0.2) is 0 Å². The fourth-order valence-electron chi connectivity index (χ4n) is 1.44. The SMILES string of the molecule is CCCn1cc(CC)c(CC)n1. The van der Waals surface area contributed by atoms with Gasteiger partial charge in [-0.05, 0) is 24.8 Å². The van der Waals surface area contributed by atoms with E-state index in [1.54, 1.807) is 0 Å². The number of aryl methyl sites for hydroxylation is 3. The molecule has 0 saturated carbocycles. The minimum absolute atomic E-state index is 1.05. The molecule has 0 atom stereocenters. The molecule has 68 valence electrons. The molecule has 1 heterocycles. The van der Waals surface area contributed by atoms with Crippen molar-refractivity contribution in [3.63, 3.8) is 0 Å². The maximum Gasteiger partial charge on any atom is 0.0653 e. The summed E-state index contributed by atoms with van der Waals surface area (Å²) in [7, 11) is 0. The maximum absolute atomic E-state index is 4.51. The molecule has 0 amide bonds. The molecular formula is C10H18N2. The second-order valence-corrected chi connectivity index (χ2v) is 3.07. The Balaban J connectivity index is 2.81. The summed E-state index contributed by atoms with van der Waals surface area (Å²) in [5.41, 5.74) is 2.68. The number of rotatable bonds is 4. The van der Waals surface area contributed by atoms with Crippen LogP contribution in [0.4, 0.5) is 0 Å². The molecule has 0 N–H and O–H groups in total. The molecule has 0 saturated heterocycles. The van der Waals surface area contributed by atoms with Gasteiger partial charge in [-0.3, -0.25) is 4.68 Å². The van der Waals surface area contributed by atoms with Gasteiger partial charge in [-0.2, -0.15) is 5.10 Å². The van der Waals surface area contributed by atoms with Crippen LogP contribution in [0.5, 0.6) is 0 Å². The van der Waals surface area contributed by atoms with Gasteiger partial charge in [0.25, 0.3) is 0 Å². The summed E-state index contributed by atoms with van der Waals surface area (Å²) < 4.78 is 2.07. The smallest absolute Gasteiger partial charge is 0.0653 e. The average Bonchev–Trinajstić information content (AvgIpc) is 2.48. The van der Waals surface area contributed by atoms with Crippen LogP contribution in [-0.2, 0) is 19.4 Å². The molecule has 0 aliphatic carbocycles. The highest BCUT2D eigenvalue weighted by Crippen LogP contribution is 2.08. The molecule has 2 nitrogen and oxygen atoms in total. The number of hydrogen-bond acceptors (Lipinski definition) is 1. The molecule has 0 spiro atoms. The predicted octanol–water partition coefficient (Wildman–Crippen LogP) is 2.42. The first kappa shape index (κ1) is 9.30. The van der Waals surface area contributed by atoms with Crippen LogP contribution in [0.1, 0.15) is 38.4 Å². The van der Waals surface area contributed by atoms with Crippen molar-refractivity contribution in [1.82, 2.24) is 9.78 Å². The van der Waals surface area contributed by atoms with Gasteiger partial charge in [0.05, 0.1) is 5.69 Å². The minimum Gasteiger partial charge on any atom is -0.272 e. The first-order valence-corrected chi connectivity index (χ1v) is 4.87. The second kappa shape index (κ2) is 4.29. The summed E-state index contributed by atoms with van der Waals surface area (Å²) in [5, 5.41) is 4.51. The molecule has 1 rings (SSSR count). The van der Waals surface area contributed by atoms with E-state index in [2.05, 4.69) is 36.7 Å². The fraction of sp³-hybridized carbons (Fsp3) is 0.700.